The third-order valence-electron chi connectivity index (χ3n) is 5.49. The molecule has 1 aromatic rings. The number of carbonyl (C=O) groups is 2. The SMILES string of the molecule is CC(=O)OC[C@H]1S[C@H](CC(=O)c2ccccc2)C[C@@H]1O[Si](C)(C)C(C)(C)C. The predicted octanol–water partition coefficient (Wildman–Crippen LogP) is 5.09. The molecular formula is C21H32O4SSi. The number of ketones is 1. The molecule has 150 valence electrons. The zero-order valence-corrected chi connectivity index (χ0v) is 19.1. The fraction of sp³-hybridized carbons (Fsp3) is 0.619. The molecule has 0 spiro atoms. The minimum Gasteiger partial charge on any atom is -0.465 e. The molecule has 0 saturated carbocycles. The molecule has 0 radical (unpaired) electrons. The molecule has 2 rings (SSSR count). The summed E-state index contributed by atoms with van der Waals surface area (Å²) in [6.07, 6.45) is 1.33. The van der Waals surface area contributed by atoms with Crippen LogP contribution in [-0.2, 0) is 14.0 Å². The fourth-order valence-corrected chi connectivity index (χ4v) is 5.91. The maximum absolute atomic E-state index is 12.6. The van der Waals surface area contributed by atoms with Crippen molar-refractivity contribution in [3.63, 3.8) is 0 Å². The van der Waals surface area contributed by atoms with Gasteiger partial charge < -0.3 is 9.16 Å². The lowest BCUT2D eigenvalue weighted by Gasteiger charge is -2.39. The summed E-state index contributed by atoms with van der Waals surface area (Å²) < 4.78 is 11.9. The van der Waals surface area contributed by atoms with Crippen LogP contribution < -0.4 is 0 Å². The molecule has 6 heteroatoms. The van der Waals surface area contributed by atoms with Crippen LogP contribution in [0.1, 0.15) is 50.9 Å². The minimum atomic E-state index is -1.94. The molecular weight excluding hydrogens is 376 g/mol. The van der Waals surface area contributed by atoms with Crippen LogP contribution in [0.15, 0.2) is 30.3 Å². The summed E-state index contributed by atoms with van der Waals surface area (Å²) in [5, 5.41) is 0.381. The lowest BCUT2D eigenvalue weighted by atomic mass is 10.0. The van der Waals surface area contributed by atoms with Crippen molar-refractivity contribution in [2.45, 2.75) is 75.3 Å². The molecule has 1 aliphatic heterocycles. The number of ether oxygens (including phenoxy) is 1. The second kappa shape index (κ2) is 8.93. The summed E-state index contributed by atoms with van der Waals surface area (Å²) in [4.78, 5) is 23.9. The molecule has 1 fully saturated rings. The van der Waals surface area contributed by atoms with Crippen LogP contribution in [0.2, 0.25) is 18.1 Å². The standard InChI is InChI=1S/C21H32O4SSi/c1-15(22)24-14-20-19(25-27(5,6)21(2,3)4)13-17(26-20)12-18(23)16-10-8-7-9-11-16/h7-11,17,19-20H,12-14H2,1-6H3/t17-,19+,20-/m1/s1. The Balaban J connectivity index is 2.07. The van der Waals surface area contributed by atoms with Crippen molar-refractivity contribution in [2.75, 3.05) is 6.61 Å². The first-order valence-electron chi connectivity index (χ1n) is 9.54. The Hall–Kier alpha value is -1.11. The quantitative estimate of drug-likeness (QED) is 0.357. The lowest BCUT2D eigenvalue weighted by molar-refractivity contribution is -0.141. The average Bonchev–Trinajstić information content (AvgIpc) is 2.93. The normalized spacial score (nSPS) is 23.3. The topological polar surface area (TPSA) is 52.6 Å². The van der Waals surface area contributed by atoms with Gasteiger partial charge in [-0.2, -0.15) is 0 Å². The second-order valence-electron chi connectivity index (χ2n) is 8.74. The smallest absolute Gasteiger partial charge is 0.302 e. The van der Waals surface area contributed by atoms with Crippen molar-refractivity contribution in [2.24, 2.45) is 0 Å². The van der Waals surface area contributed by atoms with Crippen molar-refractivity contribution in [3.05, 3.63) is 35.9 Å². The Morgan fingerprint density at radius 2 is 1.81 bits per heavy atom. The van der Waals surface area contributed by atoms with Crippen molar-refractivity contribution >= 4 is 31.8 Å². The van der Waals surface area contributed by atoms with Gasteiger partial charge in [-0.15, -0.1) is 11.8 Å². The van der Waals surface area contributed by atoms with Gasteiger partial charge in [0.2, 0.25) is 0 Å². The van der Waals surface area contributed by atoms with E-state index < -0.39 is 8.32 Å². The van der Waals surface area contributed by atoms with Crippen LogP contribution in [0, 0.1) is 0 Å². The van der Waals surface area contributed by atoms with Gasteiger partial charge in [-0.3, -0.25) is 9.59 Å². The number of hydrogen-bond donors (Lipinski definition) is 0. The van der Waals surface area contributed by atoms with E-state index in [4.69, 9.17) is 9.16 Å². The highest BCUT2D eigenvalue weighted by Gasteiger charge is 2.45. The van der Waals surface area contributed by atoms with Gasteiger partial charge in [0.15, 0.2) is 14.1 Å². The van der Waals surface area contributed by atoms with Gasteiger partial charge in [-0.05, 0) is 24.6 Å². The number of carbonyl (C=O) groups excluding carboxylic acids is 2. The lowest BCUT2D eigenvalue weighted by Crippen LogP contribution is -2.46. The van der Waals surface area contributed by atoms with Gasteiger partial charge >= 0.3 is 5.97 Å². The summed E-state index contributed by atoms with van der Waals surface area (Å²) in [5.41, 5.74) is 0.753. The Labute approximate surface area is 168 Å². The fourth-order valence-electron chi connectivity index (χ4n) is 2.91. The average molecular weight is 409 g/mol. The summed E-state index contributed by atoms with van der Waals surface area (Å²) in [7, 11) is -1.94. The van der Waals surface area contributed by atoms with Crippen LogP contribution in [0.25, 0.3) is 0 Å². The summed E-state index contributed by atoms with van der Waals surface area (Å²) >= 11 is 1.73. The summed E-state index contributed by atoms with van der Waals surface area (Å²) in [6, 6.07) is 9.42. The Kier molecular flexibility index (Phi) is 7.33. The van der Waals surface area contributed by atoms with Gasteiger partial charge in [0, 0.05) is 24.2 Å². The molecule has 3 atom stereocenters. The highest BCUT2D eigenvalue weighted by Crippen LogP contribution is 2.44. The first-order chi connectivity index (χ1) is 12.5. The Morgan fingerprint density at radius 1 is 1.19 bits per heavy atom. The van der Waals surface area contributed by atoms with E-state index >= 15 is 0 Å². The van der Waals surface area contributed by atoms with Gasteiger partial charge in [0.1, 0.15) is 6.61 Å². The maximum Gasteiger partial charge on any atom is 0.302 e. The molecule has 27 heavy (non-hydrogen) atoms. The van der Waals surface area contributed by atoms with E-state index in [1.807, 2.05) is 30.3 Å². The number of benzene rings is 1. The Bertz CT molecular complexity index is 654. The van der Waals surface area contributed by atoms with E-state index in [0.29, 0.717) is 13.0 Å². The number of thioether (sulfide) groups is 1. The van der Waals surface area contributed by atoms with Crippen LogP contribution in [0.5, 0.6) is 0 Å². The molecule has 0 amide bonds. The molecule has 0 N–H and O–H groups in total. The first kappa shape index (κ1) is 22.2. The van der Waals surface area contributed by atoms with E-state index in [0.717, 1.165) is 12.0 Å². The van der Waals surface area contributed by atoms with Crippen molar-refractivity contribution < 1.29 is 18.8 Å². The van der Waals surface area contributed by atoms with Crippen LogP contribution >= 0.6 is 11.8 Å². The molecule has 0 bridgehead atoms. The van der Waals surface area contributed by atoms with E-state index in [1.54, 1.807) is 11.8 Å². The zero-order chi connectivity index (χ0) is 20.2. The third kappa shape index (κ3) is 6.19. The van der Waals surface area contributed by atoms with E-state index in [2.05, 4.69) is 33.9 Å². The molecule has 0 unspecified atom stereocenters. The van der Waals surface area contributed by atoms with Gasteiger partial charge in [-0.1, -0.05) is 51.1 Å². The molecule has 0 aliphatic carbocycles. The molecule has 0 aromatic heterocycles. The molecule has 1 aromatic carbocycles. The highest BCUT2D eigenvalue weighted by atomic mass is 32.2. The van der Waals surface area contributed by atoms with Crippen molar-refractivity contribution in [1.82, 2.24) is 0 Å². The number of rotatable bonds is 7. The largest absolute Gasteiger partial charge is 0.465 e. The maximum atomic E-state index is 12.6. The van der Waals surface area contributed by atoms with Gasteiger partial charge in [0.05, 0.1) is 11.4 Å². The van der Waals surface area contributed by atoms with Crippen LogP contribution in [0.4, 0.5) is 0 Å². The second-order valence-corrected chi connectivity index (χ2v) is 15.0. The molecule has 1 saturated heterocycles. The van der Waals surface area contributed by atoms with Gasteiger partial charge in [0.25, 0.3) is 0 Å². The van der Waals surface area contributed by atoms with Crippen LogP contribution in [-0.4, -0.2) is 43.3 Å². The predicted molar refractivity (Wildman–Crippen MR) is 114 cm³/mol. The summed E-state index contributed by atoms with van der Waals surface area (Å²) in [6.45, 7) is 12.9. The minimum absolute atomic E-state index is 0.0174. The number of hydrogen-bond acceptors (Lipinski definition) is 5. The van der Waals surface area contributed by atoms with E-state index in [-0.39, 0.29) is 33.4 Å². The van der Waals surface area contributed by atoms with Gasteiger partial charge in [-0.25, -0.2) is 0 Å². The number of Topliss-reactive ketones (excluding diaryl/α,β-unsaturated/α-hetero) is 1. The molecule has 4 nitrogen and oxygen atoms in total. The van der Waals surface area contributed by atoms with Crippen LogP contribution in [0.3, 0.4) is 0 Å². The van der Waals surface area contributed by atoms with Crippen molar-refractivity contribution in [3.8, 4) is 0 Å². The summed E-state index contributed by atoms with van der Waals surface area (Å²) in [5.74, 6) is -0.113. The van der Waals surface area contributed by atoms with E-state index in [9.17, 15) is 9.59 Å². The third-order valence-corrected chi connectivity index (χ3v) is 11.5. The molecule has 1 aliphatic rings. The first-order valence-corrected chi connectivity index (χ1v) is 13.4. The zero-order valence-electron chi connectivity index (χ0n) is 17.3. The Morgan fingerprint density at radius 3 is 2.37 bits per heavy atom. The molecule has 1 heterocycles. The van der Waals surface area contributed by atoms with E-state index in [1.165, 1.54) is 6.92 Å². The van der Waals surface area contributed by atoms with Crippen molar-refractivity contribution in [1.29, 1.82) is 0 Å². The highest BCUT2D eigenvalue weighted by molar-refractivity contribution is 8.00. The monoisotopic (exact) mass is 408 g/mol. The number of esters is 1.